The van der Waals surface area contributed by atoms with Crippen LogP contribution in [0, 0.1) is 0 Å². The van der Waals surface area contributed by atoms with Crippen molar-refractivity contribution in [2.24, 2.45) is 0 Å². The number of ether oxygens (including phenoxy) is 4. The predicted octanol–water partition coefficient (Wildman–Crippen LogP) is 5.30. The number of halogens is 2. The van der Waals surface area contributed by atoms with Crippen molar-refractivity contribution in [3.63, 3.8) is 0 Å². The Morgan fingerprint density at radius 1 is 1.21 bits per heavy atom. The molecule has 2 fully saturated rings. The van der Waals surface area contributed by atoms with Crippen molar-refractivity contribution < 1.29 is 28.2 Å². The Labute approximate surface area is 210 Å². The second-order valence-corrected chi connectivity index (χ2v) is 16.4. The van der Waals surface area contributed by atoms with E-state index in [1.165, 1.54) is 6.92 Å². The summed E-state index contributed by atoms with van der Waals surface area (Å²) < 4.78 is 33.2. The molecule has 2 aromatic heterocycles. The van der Waals surface area contributed by atoms with Gasteiger partial charge in [0.15, 0.2) is 20.2 Å². The van der Waals surface area contributed by atoms with Crippen LogP contribution in [-0.4, -0.2) is 54.4 Å². The van der Waals surface area contributed by atoms with E-state index in [0.29, 0.717) is 16.4 Å². The van der Waals surface area contributed by atoms with E-state index in [1.54, 1.807) is 22.7 Å². The van der Waals surface area contributed by atoms with Gasteiger partial charge in [0.25, 0.3) is 5.79 Å². The molecule has 0 unspecified atom stereocenters. The highest BCUT2D eigenvalue weighted by molar-refractivity contribution is 6.74. The number of hydrogen-bond acceptors (Lipinski definition) is 7. The predicted molar refractivity (Wildman–Crippen MR) is 131 cm³/mol. The lowest BCUT2D eigenvalue weighted by Gasteiger charge is -2.38. The third-order valence-corrected chi connectivity index (χ3v) is 11.8. The van der Waals surface area contributed by atoms with Crippen molar-refractivity contribution >= 4 is 43.1 Å². The van der Waals surface area contributed by atoms with Crippen LogP contribution in [0.25, 0.3) is 5.65 Å². The van der Waals surface area contributed by atoms with Gasteiger partial charge in [0.05, 0.1) is 11.6 Å². The van der Waals surface area contributed by atoms with Crippen LogP contribution >= 0.6 is 23.2 Å². The molecule has 0 amide bonds. The van der Waals surface area contributed by atoms with Crippen molar-refractivity contribution in [2.75, 3.05) is 6.61 Å². The molecule has 8 nitrogen and oxygen atoms in total. The van der Waals surface area contributed by atoms with Gasteiger partial charge in [-0.3, -0.25) is 9.20 Å². The van der Waals surface area contributed by atoms with E-state index in [0.717, 1.165) is 0 Å². The minimum absolute atomic E-state index is 0.00669. The number of hydrogen-bond donors (Lipinski definition) is 0. The van der Waals surface area contributed by atoms with Gasteiger partial charge in [-0.25, -0.2) is 4.98 Å². The van der Waals surface area contributed by atoms with Gasteiger partial charge < -0.3 is 23.4 Å². The monoisotopic (exact) mass is 530 g/mol. The number of aromatic nitrogens is 2. The zero-order valence-electron chi connectivity index (χ0n) is 20.8. The van der Waals surface area contributed by atoms with Gasteiger partial charge >= 0.3 is 5.97 Å². The fraction of sp³-hybridized carbons (Fsp3) is 0.652. The van der Waals surface area contributed by atoms with Gasteiger partial charge in [-0.2, -0.15) is 0 Å². The average Bonchev–Trinajstić information content (AvgIpc) is 3.28. The molecule has 2 aliphatic rings. The first-order chi connectivity index (χ1) is 15.6. The first-order valence-corrected chi connectivity index (χ1v) is 14.9. The molecule has 2 aromatic rings. The Bertz CT molecular complexity index is 1110. The summed E-state index contributed by atoms with van der Waals surface area (Å²) in [6, 6.07) is 3.39. The zero-order chi connectivity index (χ0) is 25.3. The summed E-state index contributed by atoms with van der Waals surface area (Å²) in [7, 11) is -2.10. The maximum Gasteiger partial charge on any atom is 0.305 e. The largest absolute Gasteiger partial charge is 0.424 e. The molecular formula is C23H32Cl2N2O6Si. The number of nitrogens with zero attached hydrogens (tertiary/aromatic N) is 2. The first-order valence-electron chi connectivity index (χ1n) is 11.3. The fourth-order valence-corrected chi connectivity index (χ4v) is 5.71. The topological polar surface area (TPSA) is 80.5 Å². The second kappa shape index (κ2) is 8.43. The fourth-order valence-electron chi connectivity index (χ4n) is 4.22. The lowest BCUT2D eigenvalue weighted by atomic mass is 10.0. The third-order valence-electron chi connectivity index (χ3n) is 6.79. The van der Waals surface area contributed by atoms with E-state index >= 15 is 0 Å². The van der Waals surface area contributed by atoms with Crippen molar-refractivity contribution in [2.45, 2.75) is 89.6 Å². The highest BCUT2D eigenvalue weighted by Gasteiger charge is 2.67. The molecule has 0 radical (unpaired) electrons. The summed E-state index contributed by atoms with van der Waals surface area (Å²) in [6.45, 7) is 16.0. The van der Waals surface area contributed by atoms with Gasteiger partial charge in [-0.1, -0.05) is 44.0 Å². The number of imidazole rings is 1. The lowest BCUT2D eigenvalue weighted by Crippen LogP contribution is -2.46. The summed E-state index contributed by atoms with van der Waals surface area (Å²) in [6.07, 6.45) is -0.346. The molecule has 0 aliphatic carbocycles. The molecule has 4 atom stereocenters. The average molecular weight is 532 g/mol. The van der Waals surface area contributed by atoms with Crippen LogP contribution in [-0.2, 0) is 34.0 Å². The SMILES string of the molecule is CC(=O)O[C@]1(c2c(Cl)ccc3nc(Cl)cn23)O[C@H](CO[Si](C)(C)C(C)(C)C)[C@H]2OC(C)(C)O[C@H]21. The Hall–Kier alpha value is -1.20. The van der Waals surface area contributed by atoms with E-state index in [4.69, 9.17) is 46.6 Å². The molecule has 0 N–H and O–H groups in total. The van der Waals surface area contributed by atoms with Crippen LogP contribution < -0.4 is 0 Å². The molecular weight excluding hydrogens is 499 g/mol. The maximum atomic E-state index is 12.4. The minimum Gasteiger partial charge on any atom is -0.424 e. The Morgan fingerprint density at radius 3 is 2.50 bits per heavy atom. The first kappa shape index (κ1) is 25.9. The van der Waals surface area contributed by atoms with E-state index in [2.05, 4.69) is 38.8 Å². The molecule has 0 saturated carbocycles. The Kier molecular flexibility index (Phi) is 6.42. The summed E-state index contributed by atoms with van der Waals surface area (Å²) in [4.78, 5) is 16.7. The van der Waals surface area contributed by atoms with Crippen LogP contribution in [0.5, 0.6) is 0 Å². The van der Waals surface area contributed by atoms with Crippen LogP contribution in [0.3, 0.4) is 0 Å². The van der Waals surface area contributed by atoms with Gasteiger partial charge in [-0.05, 0) is 44.1 Å². The molecule has 4 heterocycles. The Balaban J connectivity index is 1.83. The lowest BCUT2D eigenvalue weighted by molar-refractivity contribution is -0.292. The summed E-state index contributed by atoms with van der Waals surface area (Å²) in [5, 5.41) is 0.575. The third kappa shape index (κ3) is 4.40. The molecule has 4 rings (SSSR count). The van der Waals surface area contributed by atoms with Crippen LogP contribution in [0.15, 0.2) is 18.3 Å². The summed E-state index contributed by atoms with van der Waals surface area (Å²) in [5.41, 5.74) is 0.877. The highest BCUT2D eigenvalue weighted by atomic mass is 35.5. The van der Waals surface area contributed by atoms with Crippen molar-refractivity contribution in [1.29, 1.82) is 0 Å². The molecule has 2 saturated heterocycles. The molecule has 188 valence electrons. The van der Waals surface area contributed by atoms with Crippen molar-refractivity contribution in [3.8, 4) is 0 Å². The van der Waals surface area contributed by atoms with E-state index in [9.17, 15) is 4.79 Å². The Morgan fingerprint density at radius 2 is 1.88 bits per heavy atom. The van der Waals surface area contributed by atoms with Crippen molar-refractivity contribution in [3.05, 3.63) is 34.2 Å². The molecule has 0 aromatic carbocycles. The number of esters is 1. The minimum atomic E-state index is -2.10. The van der Waals surface area contributed by atoms with Crippen LogP contribution in [0.2, 0.25) is 28.3 Å². The summed E-state index contributed by atoms with van der Waals surface area (Å²) >= 11 is 12.9. The zero-order valence-corrected chi connectivity index (χ0v) is 23.3. The highest BCUT2D eigenvalue weighted by Crippen LogP contribution is 2.52. The van der Waals surface area contributed by atoms with Crippen molar-refractivity contribution in [1.82, 2.24) is 9.38 Å². The second-order valence-electron chi connectivity index (χ2n) is 10.8. The standard InChI is InChI=1S/C23H32Cl2N2O6Si/c1-13(28)30-23(19-14(24)9-10-17-26-16(25)11-27(17)19)20-18(32-22(5,6)33-20)15(31-23)12-29-34(7,8)21(2,3)4/h9-11,15,18,20H,12H2,1-8H3/t15-,18-,20-,23-/m1/s1. The number of carbonyl (C=O) groups is 1. The molecule has 0 spiro atoms. The number of pyridine rings is 1. The number of rotatable bonds is 5. The number of fused-ring (bicyclic) bond motifs is 2. The van der Waals surface area contributed by atoms with Crippen LogP contribution in [0.4, 0.5) is 0 Å². The van der Waals surface area contributed by atoms with Gasteiger partial charge in [0, 0.05) is 13.1 Å². The van der Waals surface area contributed by atoms with Gasteiger partial charge in [0.1, 0.15) is 28.7 Å². The van der Waals surface area contributed by atoms with Crippen LogP contribution in [0.1, 0.15) is 47.2 Å². The summed E-state index contributed by atoms with van der Waals surface area (Å²) in [5.74, 6) is -3.20. The normalized spacial score (nSPS) is 28.9. The maximum absolute atomic E-state index is 12.4. The van der Waals surface area contributed by atoms with E-state index < -0.39 is 44.2 Å². The van der Waals surface area contributed by atoms with E-state index in [-0.39, 0.29) is 16.8 Å². The van der Waals surface area contributed by atoms with Gasteiger partial charge in [0.2, 0.25) is 0 Å². The molecule has 2 aliphatic heterocycles. The molecule has 11 heteroatoms. The quantitative estimate of drug-likeness (QED) is 0.383. The van der Waals surface area contributed by atoms with E-state index in [1.807, 2.05) is 13.8 Å². The number of carbonyl (C=O) groups excluding carboxylic acids is 1. The van der Waals surface area contributed by atoms with Gasteiger partial charge in [-0.15, -0.1) is 0 Å². The molecule has 0 bridgehead atoms. The molecule has 34 heavy (non-hydrogen) atoms. The smallest absolute Gasteiger partial charge is 0.305 e.